The van der Waals surface area contributed by atoms with E-state index in [1.807, 2.05) is 42.8 Å². The average molecular weight is 376 g/mol. The number of nitrogens with one attached hydrogen (secondary N) is 1. The molecule has 1 aliphatic rings. The third-order valence-corrected chi connectivity index (χ3v) is 4.83. The molecule has 28 heavy (non-hydrogen) atoms. The van der Waals surface area contributed by atoms with Crippen molar-refractivity contribution in [1.29, 1.82) is 0 Å². The highest BCUT2D eigenvalue weighted by Gasteiger charge is 2.25. The Morgan fingerprint density at radius 3 is 2.86 bits per heavy atom. The lowest BCUT2D eigenvalue weighted by molar-refractivity contribution is 0.0383. The summed E-state index contributed by atoms with van der Waals surface area (Å²) in [6, 6.07) is 14.0. The van der Waals surface area contributed by atoms with E-state index in [2.05, 4.69) is 28.6 Å². The van der Waals surface area contributed by atoms with Crippen molar-refractivity contribution in [3.8, 4) is 0 Å². The van der Waals surface area contributed by atoms with Crippen LogP contribution in [0.5, 0.6) is 0 Å². The molecule has 6 heteroatoms. The van der Waals surface area contributed by atoms with Gasteiger partial charge in [-0.2, -0.15) is 5.10 Å². The van der Waals surface area contributed by atoms with Crippen molar-refractivity contribution in [2.75, 3.05) is 13.2 Å². The number of aryl methyl sites for hydroxylation is 2. The van der Waals surface area contributed by atoms with Gasteiger partial charge >= 0.3 is 0 Å². The van der Waals surface area contributed by atoms with Crippen molar-refractivity contribution in [2.24, 2.45) is 0 Å². The molecule has 6 nitrogen and oxygen atoms in total. The van der Waals surface area contributed by atoms with E-state index in [1.54, 1.807) is 6.07 Å². The van der Waals surface area contributed by atoms with Gasteiger partial charge in [0.15, 0.2) is 0 Å². The summed E-state index contributed by atoms with van der Waals surface area (Å²) in [5, 5.41) is 7.68. The van der Waals surface area contributed by atoms with Crippen LogP contribution in [0.2, 0.25) is 0 Å². The quantitative estimate of drug-likeness (QED) is 0.743. The monoisotopic (exact) mass is 376 g/mol. The first kappa shape index (κ1) is 18.4. The topological polar surface area (TPSA) is 69.0 Å². The number of benzene rings is 1. The molecule has 0 saturated heterocycles. The van der Waals surface area contributed by atoms with Gasteiger partial charge in [-0.1, -0.05) is 30.3 Å². The van der Waals surface area contributed by atoms with Crippen molar-refractivity contribution in [3.05, 3.63) is 82.4 Å². The Labute approximate surface area is 164 Å². The maximum absolute atomic E-state index is 12.5. The highest BCUT2D eigenvalue weighted by Crippen LogP contribution is 2.25. The summed E-state index contributed by atoms with van der Waals surface area (Å²) in [6.07, 6.45) is 2.69. The highest BCUT2D eigenvalue weighted by molar-refractivity contribution is 5.92. The lowest BCUT2D eigenvalue weighted by Gasteiger charge is -2.22. The second-order valence-corrected chi connectivity index (χ2v) is 7.21. The van der Waals surface area contributed by atoms with E-state index in [-0.39, 0.29) is 12.0 Å². The number of nitrogens with zero attached hydrogens (tertiary/aromatic N) is 3. The summed E-state index contributed by atoms with van der Waals surface area (Å²) >= 11 is 0. The number of aromatic nitrogens is 3. The van der Waals surface area contributed by atoms with Crippen LogP contribution in [0.4, 0.5) is 0 Å². The van der Waals surface area contributed by atoms with Crippen LogP contribution >= 0.6 is 0 Å². The Hall–Kier alpha value is -2.99. The standard InChI is InChI=1S/C22H24N4O2/c1-15-10-16(2)24-19(11-15)22(27)23-12-20-21-18(8-9-28-20)14-26(25-21)13-17-6-4-3-5-7-17/h3-7,10-11,14,20H,8-9,12-13H2,1-2H3,(H,23,27)/t20-/m0/s1. The zero-order valence-electron chi connectivity index (χ0n) is 16.2. The first-order valence-corrected chi connectivity index (χ1v) is 9.54. The molecule has 0 fully saturated rings. The molecule has 3 heterocycles. The first-order chi connectivity index (χ1) is 13.6. The van der Waals surface area contributed by atoms with E-state index in [1.165, 1.54) is 11.1 Å². The van der Waals surface area contributed by atoms with Gasteiger partial charge in [-0.15, -0.1) is 0 Å². The van der Waals surface area contributed by atoms with Gasteiger partial charge in [0, 0.05) is 18.4 Å². The molecule has 1 atom stereocenters. The summed E-state index contributed by atoms with van der Waals surface area (Å²) in [5.74, 6) is -0.189. The molecular formula is C22H24N4O2. The van der Waals surface area contributed by atoms with Gasteiger partial charge in [-0.05, 0) is 49.1 Å². The van der Waals surface area contributed by atoms with Crippen molar-refractivity contribution in [3.63, 3.8) is 0 Å². The fraction of sp³-hybridized carbons (Fsp3) is 0.318. The highest BCUT2D eigenvalue weighted by atomic mass is 16.5. The van der Waals surface area contributed by atoms with Crippen LogP contribution in [-0.4, -0.2) is 33.8 Å². The fourth-order valence-corrected chi connectivity index (χ4v) is 3.57. The van der Waals surface area contributed by atoms with Crippen LogP contribution in [0, 0.1) is 13.8 Å². The maximum atomic E-state index is 12.5. The number of carbonyl (C=O) groups is 1. The third-order valence-electron chi connectivity index (χ3n) is 4.83. The number of amides is 1. The minimum absolute atomic E-state index is 0.189. The smallest absolute Gasteiger partial charge is 0.269 e. The van der Waals surface area contributed by atoms with Gasteiger partial charge in [0.1, 0.15) is 11.8 Å². The normalized spacial score (nSPS) is 15.9. The van der Waals surface area contributed by atoms with E-state index < -0.39 is 0 Å². The van der Waals surface area contributed by atoms with Crippen molar-refractivity contribution >= 4 is 5.91 Å². The maximum Gasteiger partial charge on any atom is 0.269 e. The molecule has 0 aliphatic carbocycles. The molecule has 0 saturated carbocycles. The Kier molecular flexibility index (Phi) is 5.21. The summed E-state index contributed by atoms with van der Waals surface area (Å²) in [7, 11) is 0. The lowest BCUT2D eigenvalue weighted by atomic mass is 10.1. The van der Waals surface area contributed by atoms with Gasteiger partial charge < -0.3 is 10.1 Å². The lowest BCUT2D eigenvalue weighted by Crippen LogP contribution is -2.32. The van der Waals surface area contributed by atoms with Crippen LogP contribution in [0.1, 0.15) is 44.7 Å². The summed E-state index contributed by atoms with van der Waals surface area (Å²) in [5.41, 5.74) is 5.59. The van der Waals surface area contributed by atoms with Crippen LogP contribution in [0.3, 0.4) is 0 Å². The molecule has 1 aromatic carbocycles. The summed E-state index contributed by atoms with van der Waals surface area (Å²) in [6.45, 7) is 5.58. The van der Waals surface area contributed by atoms with Crippen molar-refractivity contribution in [1.82, 2.24) is 20.1 Å². The second-order valence-electron chi connectivity index (χ2n) is 7.21. The zero-order valence-corrected chi connectivity index (χ0v) is 16.2. The molecule has 4 rings (SSSR count). The van der Waals surface area contributed by atoms with Crippen LogP contribution in [-0.2, 0) is 17.7 Å². The zero-order chi connectivity index (χ0) is 19.5. The number of hydrogen-bond acceptors (Lipinski definition) is 4. The third kappa shape index (κ3) is 4.12. The number of ether oxygens (including phenoxy) is 1. The number of hydrogen-bond donors (Lipinski definition) is 1. The van der Waals surface area contributed by atoms with Gasteiger partial charge in [-0.3, -0.25) is 9.48 Å². The first-order valence-electron chi connectivity index (χ1n) is 9.54. The second kappa shape index (κ2) is 7.94. The SMILES string of the molecule is Cc1cc(C)nc(C(=O)NC[C@@H]2OCCc3cn(Cc4ccccc4)nc32)c1. The Bertz CT molecular complexity index is 961. The van der Waals surface area contributed by atoms with Crippen LogP contribution in [0.15, 0.2) is 48.7 Å². The predicted octanol–water partition coefficient (Wildman–Crippen LogP) is 2.99. The minimum Gasteiger partial charge on any atom is -0.370 e. The molecule has 144 valence electrons. The molecule has 0 radical (unpaired) electrons. The molecular weight excluding hydrogens is 352 g/mol. The molecule has 0 spiro atoms. The van der Waals surface area contributed by atoms with Crippen LogP contribution < -0.4 is 5.32 Å². The van der Waals surface area contributed by atoms with Crippen LogP contribution in [0.25, 0.3) is 0 Å². The minimum atomic E-state index is -0.240. The molecule has 1 aliphatic heterocycles. The fourth-order valence-electron chi connectivity index (χ4n) is 3.57. The van der Waals surface area contributed by atoms with E-state index in [9.17, 15) is 4.79 Å². The predicted molar refractivity (Wildman–Crippen MR) is 106 cm³/mol. The van der Waals surface area contributed by atoms with Gasteiger partial charge in [-0.25, -0.2) is 4.98 Å². The van der Waals surface area contributed by atoms with Gasteiger partial charge in [0.2, 0.25) is 0 Å². The number of carbonyl (C=O) groups excluding carboxylic acids is 1. The average Bonchev–Trinajstić information content (AvgIpc) is 3.09. The largest absolute Gasteiger partial charge is 0.370 e. The molecule has 1 amide bonds. The van der Waals surface area contributed by atoms with E-state index >= 15 is 0 Å². The van der Waals surface area contributed by atoms with E-state index in [4.69, 9.17) is 9.84 Å². The number of pyridine rings is 1. The molecule has 3 aromatic rings. The Morgan fingerprint density at radius 2 is 2.07 bits per heavy atom. The summed E-state index contributed by atoms with van der Waals surface area (Å²) < 4.78 is 7.84. The van der Waals surface area contributed by atoms with Crippen molar-refractivity contribution in [2.45, 2.75) is 32.9 Å². The molecule has 1 N–H and O–H groups in total. The van der Waals surface area contributed by atoms with Crippen molar-refractivity contribution < 1.29 is 9.53 Å². The number of rotatable bonds is 5. The van der Waals surface area contributed by atoms with E-state index in [0.717, 1.165) is 29.9 Å². The van der Waals surface area contributed by atoms with Gasteiger partial charge in [0.05, 0.1) is 18.8 Å². The Morgan fingerprint density at radius 1 is 1.25 bits per heavy atom. The molecule has 0 bridgehead atoms. The van der Waals surface area contributed by atoms with Gasteiger partial charge in [0.25, 0.3) is 5.91 Å². The summed E-state index contributed by atoms with van der Waals surface area (Å²) in [4.78, 5) is 16.8. The van der Waals surface area contributed by atoms with E-state index in [0.29, 0.717) is 18.8 Å². The molecule has 2 aromatic heterocycles. The Balaban J connectivity index is 1.45. The number of fused-ring (bicyclic) bond motifs is 1. The molecule has 0 unspecified atom stereocenters.